The molecule has 3 saturated carbocycles. The van der Waals surface area contributed by atoms with Crippen LogP contribution in [0.2, 0.25) is 0 Å². The molecule has 216 valence electrons. The average molecular weight is 578 g/mol. The minimum Gasteiger partial charge on any atom is -0.381 e. The first kappa shape index (κ1) is 26.6. The molecular weight excluding hydrogens is 542 g/mol. The maximum Gasteiger partial charge on any atom is 0.283 e. The van der Waals surface area contributed by atoms with Crippen LogP contribution in [0, 0.1) is 17.3 Å². The number of nitrogens with zero attached hydrogens (tertiary/aromatic N) is 2. The lowest BCUT2D eigenvalue weighted by Gasteiger charge is -2.39. The normalized spacial score (nSPS) is 28.8. The quantitative estimate of drug-likeness (QED) is 0.359. The number of rotatable bonds is 9. The fourth-order valence-corrected chi connectivity index (χ4v) is 8.17. The average Bonchev–Trinajstić information content (AvgIpc) is 3.71. The number of aliphatic hydroxyl groups excluding tert-OH is 1. The summed E-state index contributed by atoms with van der Waals surface area (Å²) in [7, 11) is 0. The van der Waals surface area contributed by atoms with Crippen molar-refractivity contribution < 1.29 is 24.3 Å². The smallest absolute Gasteiger partial charge is 0.283 e. The SMILES string of the molecule is O=C(NC1CC1)C(O)[C@H](C[C@@H]1CCNC1=O)NC(=O)[C@@H]1[C@@H]2C[C@@H](CC23CC3)N1C(=O)c1ncc(-c2ccccc2)s1. The van der Waals surface area contributed by atoms with Crippen molar-refractivity contribution in [1.29, 1.82) is 0 Å². The van der Waals surface area contributed by atoms with Gasteiger partial charge in [0.15, 0.2) is 11.1 Å². The molecule has 5 aliphatic rings. The molecule has 2 saturated heterocycles. The molecule has 41 heavy (non-hydrogen) atoms. The zero-order chi connectivity index (χ0) is 28.3. The van der Waals surface area contributed by atoms with Gasteiger partial charge < -0.3 is 26.0 Å². The van der Waals surface area contributed by atoms with Gasteiger partial charge in [0.25, 0.3) is 11.8 Å². The van der Waals surface area contributed by atoms with Crippen molar-refractivity contribution in [3.05, 3.63) is 41.5 Å². The van der Waals surface area contributed by atoms with Gasteiger partial charge >= 0.3 is 0 Å². The topological polar surface area (TPSA) is 141 Å². The molecule has 1 aromatic heterocycles. The molecule has 6 atom stereocenters. The molecule has 0 radical (unpaired) electrons. The van der Waals surface area contributed by atoms with E-state index in [1.54, 1.807) is 11.1 Å². The van der Waals surface area contributed by atoms with Gasteiger partial charge in [0, 0.05) is 30.7 Å². The Morgan fingerprint density at radius 3 is 2.63 bits per heavy atom. The summed E-state index contributed by atoms with van der Waals surface area (Å²) in [5.74, 6) is -1.66. The van der Waals surface area contributed by atoms with E-state index in [0.717, 1.165) is 49.0 Å². The van der Waals surface area contributed by atoms with Gasteiger partial charge in [-0.15, -0.1) is 11.3 Å². The number of carbonyl (C=O) groups is 4. The van der Waals surface area contributed by atoms with Crippen LogP contribution in [-0.2, 0) is 14.4 Å². The number of hydrogen-bond donors (Lipinski definition) is 4. The Kier molecular flexibility index (Phi) is 6.61. The highest BCUT2D eigenvalue weighted by molar-refractivity contribution is 7.17. The van der Waals surface area contributed by atoms with Gasteiger partial charge in [0.2, 0.25) is 11.8 Å². The van der Waals surface area contributed by atoms with Crippen molar-refractivity contribution in [1.82, 2.24) is 25.8 Å². The van der Waals surface area contributed by atoms with E-state index in [4.69, 9.17) is 0 Å². The number of benzene rings is 1. The molecule has 11 heteroatoms. The van der Waals surface area contributed by atoms with Gasteiger partial charge in [-0.1, -0.05) is 30.3 Å². The Balaban J connectivity index is 1.13. The van der Waals surface area contributed by atoms with E-state index in [0.29, 0.717) is 18.0 Å². The predicted octanol–water partition coefficient (Wildman–Crippen LogP) is 1.84. The van der Waals surface area contributed by atoms with Crippen LogP contribution in [-0.4, -0.2) is 75.4 Å². The van der Waals surface area contributed by atoms with Gasteiger partial charge in [0.05, 0.1) is 10.9 Å². The summed E-state index contributed by atoms with van der Waals surface area (Å²) in [4.78, 5) is 60.3. The summed E-state index contributed by atoms with van der Waals surface area (Å²) in [5, 5.41) is 20.0. The van der Waals surface area contributed by atoms with Crippen LogP contribution in [0.4, 0.5) is 0 Å². The van der Waals surface area contributed by atoms with Crippen LogP contribution in [0.25, 0.3) is 10.4 Å². The maximum absolute atomic E-state index is 14.1. The molecule has 1 spiro atoms. The number of likely N-dealkylation sites (tertiary alicyclic amines) is 1. The zero-order valence-corrected chi connectivity index (χ0v) is 23.6. The number of fused-ring (bicyclic) bond motifs is 3. The molecule has 3 heterocycles. The summed E-state index contributed by atoms with van der Waals surface area (Å²) < 4.78 is 0. The lowest BCUT2D eigenvalue weighted by molar-refractivity contribution is -0.136. The third-order valence-corrected chi connectivity index (χ3v) is 10.8. The highest BCUT2D eigenvalue weighted by Gasteiger charge is 2.67. The van der Waals surface area contributed by atoms with Crippen LogP contribution < -0.4 is 16.0 Å². The second kappa shape index (κ2) is 10.2. The number of nitrogens with one attached hydrogen (secondary N) is 3. The first-order chi connectivity index (χ1) is 19.8. The minimum atomic E-state index is -1.49. The Morgan fingerprint density at radius 1 is 1.17 bits per heavy atom. The van der Waals surface area contributed by atoms with Crippen LogP contribution in [0.5, 0.6) is 0 Å². The third kappa shape index (κ3) is 4.92. The second-order valence-electron chi connectivity index (χ2n) is 12.5. The fraction of sp³-hybridized carbons (Fsp3) is 0.567. The molecule has 3 aliphatic carbocycles. The predicted molar refractivity (Wildman–Crippen MR) is 151 cm³/mol. The molecule has 7 rings (SSSR count). The number of aliphatic hydroxyl groups is 1. The largest absolute Gasteiger partial charge is 0.381 e. The number of aromatic nitrogens is 1. The molecule has 1 aromatic carbocycles. The molecule has 1 unspecified atom stereocenters. The molecule has 2 aliphatic heterocycles. The number of carbonyl (C=O) groups excluding carboxylic acids is 4. The van der Waals surface area contributed by atoms with Crippen molar-refractivity contribution in [2.75, 3.05) is 6.54 Å². The Morgan fingerprint density at radius 2 is 1.95 bits per heavy atom. The lowest BCUT2D eigenvalue weighted by Crippen LogP contribution is -2.59. The highest BCUT2D eigenvalue weighted by Crippen LogP contribution is 2.67. The van der Waals surface area contributed by atoms with E-state index in [9.17, 15) is 24.3 Å². The third-order valence-electron chi connectivity index (χ3n) is 9.77. The van der Waals surface area contributed by atoms with Crippen LogP contribution in [0.3, 0.4) is 0 Å². The van der Waals surface area contributed by atoms with E-state index in [2.05, 4.69) is 20.9 Å². The number of thiazole rings is 1. The molecule has 4 amide bonds. The Hall–Kier alpha value is -3.31. The number of hydrogen-bond acceptors (Lipinski definition) is 7. The van der Waals surface area contributed by atoms with E-state index in [-0.39, 0.29) is 47.6 Å². The van der Waals surface area contributed by atoms with Crippen LogP contribution in [0.1, 0.15) is 61.2 Å². The number of piperidine rings is 1. The molecule has 10 nitrogen and oxygen atoms in total. The van der Waals surface area contributed by atoms with E-state index >= 15 is 0 Å². The van der Waals surface area contributed by atoms with Crippen LogP contribution >= 0.6 is 11.3 Å². The number of amides is 4. The second-order valence-corrected chi connectivity index (χ2v) is 13.5. The molecule has 2 bridgehead atoms. The molecular formula is C30H35N5O5S. The van der Waals surface area contributed by atoms with Crippen molar-refractivity contribution in [3.63, 3.8) is 0 Å². The van der Waals surface area contributed by atoms with E-state index < -0.39 is 30.0 Å². The van der Waals surface area contributed by atoms with Gasteiger partial charge in [-0.2, -0.15) is 0 Å². The maximum atomic E-state index is 14.1. The lowest BCUT2D eigenvalue weighted by atomic mass is 9.83. The monoisotopic (exact) mass is 577 g/mol. The van der Waals surface area contributed by atoms with Crippen LogP contribution in [0.15, 0.2) is 36.5 Å². The summed E-state index contributed by atoms with van der Waals surface area (Å²) in [6.07, 6.45) is 6.45. The van der Waals surface area contributed by atoms with E-state index in [1.807, 2.05) is 30.3 Å². The van der Waals surface area contributed by atoms with Gasteiger partial charge in [-0.3, -0.25) is 19.2 Å². The van der Waals surface area contributed by atoms with Crippen molar-refractivity contribution in [2.24, 2.45) is 17.3 Å². The summed E-state index contributed by atoms with van der Waals surface area (Å²) in [6.45, 7) is 0.532. The van der Waals surface area contributed by atoms with Gasteiger partial charge in [-0.25, -0.2) is 4.98 Å². The van der Waals surface area contributed by atoms with Crippen molar-refractivity contribution >= 4 is 35.0 Å². The van der Waals surface area contributed by atoms with Gasteiger partial charge in [0.1, 0.15) is 6.04 Å². The zero-order valence-electron chi connectivity index (χ0n) is 22.8. The van der Waals surface area contributed by atoms with Crippen molar-refractivity contribution in [3.8, 4) is 10.4 Å². The molecule has 4 N–H and O–H groups in total. The first-order valence-corrected chi connectivity index (χ1v) is 15.5. The van der Waals surface area contributed by atoms with Gasteiger partial charge in [-0.05, 0) is 68.3 Å². The minimum absolute atomic E-state index is 0.0258. The first-order valence-electron chi connectivity index (χ1n) is 14.7. The summed E-state index contributed by atoms with van der Waals surface area (Å²) in [5.41, 5.74) is 1.07. The molecule has 5 fully saturated rings. The summed E-state index contributed by atoms with van der Waals surface area (Å²) in [6, 6.07) is 8.13. The van der Waals surface area contributed by atoms with Crippen molar-refractivity contribution in [2.45, 2.75) is 81.6 Å². The fourth-order valence-electron chi connectivity index (χ4n) is 7.31. The Labute approximate surface area is 242 Å². The highest BCUT2D eigenvalue weighted by atomic mass is 32.1. The van der Waals surface area contributed by atoms with E-state index in [1.165, 1.54) is 11.3 Å². The summed E-state index contributed by atoms with van der Waals surface area (Å²) >= 11 is 1.32. The standard InChI is InChI=1S/C30H35N5O5S/c36-24(27(39)33-18-6-7-18)21(12-17-8-11-31-25(17)37)34-26(38)23-20-13-19(14-30(20)9-10-30)35(23)29(40)28-32-15-22(41-28)16-4-2-1-3-5-16/h1-5,15,17-21,23-24,36H,6-14H2,(H,31,37)(H,33,39)(H,34,38)/t17-,19-,20-,21-,23-,24?/m0/s1. The Bertz CT molecular complexity index is 1370. The molecule has 2 aromatic rings.